The third-order valence-electron chi connectivity index (χ3n) is 5.77. The normalized spacial score (nSPS) is 19.4. The van der Waals surface area contributed by atoms with Crippen LogP contribution in [0.15, 0.2) is 53.9 Å². The van der Waals surface area contributed by atoms with Crippen molar-refractivity contribution in [2.75, 3.05) is 11.4 Å². The number of carboxylic acid groups (broad SMARTS) is 1. The Labute approximate surface area is 200 Å². The van der Waals surface area contributed by atoms with Gasteiger partial charge >= 0.3 is 5.97 Å². The summed E-state index contributed by atoms with van der Waals surface area (Å²) in [5.41, 5.74) is 2.34. The number of aliphatic carboxylic acids is 1. The third-order valence-corrected chi connectivity index (χ3v) is 7.19. The first kappa shape index (κ1) is 22.8. The molecule has 2 heterocycles. The van der Waals surface area contributed by atoms with Gasteiger partial charge in [-0.2, -0.15) is 0 Å². The standard InChI is InChI=1S/C24H22Cl2N2O3S/c25-16-9-10-20(26)19(12-16)21-14-32-24(27-21)28-11-5-4-8-17(15-6-2-1-3-7-15)18(23(28)31)13-22(29)30/h1-3,6-7,9-10,12,14,17-18H,4-5,8,11,13H2,(H,29,30). The van der Waals surface area contributed by atoms with E-state index in [0.29, 0.717) is 33.0 Å². The Morgan fingerprint density at radius 1 is 1.16 bits per heavy atom. The summed E-state index contributed by atoms with van der Waals surface area (Å²) in [4.78, 5) is 31.7. The van der Waals surface area contributed by atoms with E-state index in [-0.39, 0.29) is 18.2 Å². The van der Waals surface area contributed by atoms with Gasteiger partial charge in [0, 0.05) is 22.5 Å². The van der Waals surface area contributed by atoms with Gasteiger partial charge in [-0.25, -0.2) is 4.98 Å². The van der Waals surface area contributed by atoms with Crippen LogP contribution in [0.25, 0.3) is 11.3 Å². The van der Waals surface area contributed by atoms with E-state index in [0.717, 1.165) is 24.8 Å². The number of aromatic nitrogens is 1. The molecular weight excluding hydrogens is 467 g/mol. The van der Waals surface area contributed by atoms with Gasteiger partial charge in [0.1, 0.15) is 0 Å². The number of carbonyl (C=O) groups excluding carboxylic acids is 1. The molecule has 166 valence electrons. The van der Waals surface area contributed by atoms with E-state index >= 15 is 0 Å². The summed E-state index contributed by atoms with van der Waals surface area (Å²) >= 11 is 13.8. The average molecular weight is 489 g/mol. The summed E-state index contributed by atoms with van der Waals surface area (Å²) in [7, 11) is 0. The molecule has 5 nitrogen and oxygen atoms in total. The fourth-order valence-electron chi connectivity index (χ4n) is 4.23. The molecule has 2 unspecified atom stereocenters. The van der Waals surface area contributed by atoms with E-state index < -0.39 is 11.9 Å². The minimum Gasteiger partial charge on any atom is -0.481 e. The van der Waals surface area contributed by atoms with Crippen LogP contribution < -0.4 is 4.90 Å². The van der Waals surface area contributed by atoms with E-state index in [1.54, 1.807) is 23.1 Å². The SMILES string of the molecule is O=C(O)CC1C(=O)N(c2nc(-c3cc(Cl)ccc3Cl)cs2)CCCCC1c1ccccc1. The molecule has 2 aromatic carbocycles. The van der Waals surface area contributed by atoms with E-state index in [4.69, 9.17) is 23.2 Å². The molecule has 4 rings (SSSR count). The van der Waals surface area contributed by atoms with Crippen LogP contribution in [0, 0.1) is 5.92 Å². The summed E-state index contributed by atoms with van der Waals surface area (Å²) in [5, 5.41) is 13.0. The first-order valence-corrected chi connectivity index (χ1v) is 12.1. The molecule has 1 N–H and O–H groups in total. The summed E-state index contributed by atoms with van der Waals surface area (Å²) in [6, 6.07) is 14.9. The number of thiazole rings is 1. The zero-order chi connectivity index (χ0) is 22.7. The second-order valence-corrected chi connectivity index (χ2v) is 9.53. The second kappa shape index (κ2) is 10.0. The number of carboxylic acids is 1. The van der Waals surface area contributed by atoms with Crippen molar-refractivity contribution >= 4 is 51.5 Å². The Hall–Kier alpha value is -2.41. The van der Waals surface area contributed by atoms with Gasteiger partial charge in [-0.3, -0.25) is 14.5 Å². The van der Waals surface area contributed by atoms with Crippen LogP contribution in [0.1, 0.15) is 37.2 Å². The van der Waals surface area contributed by atoms with Crippen LogP contribution in [-0.2, 0) is 9.59 Å². The number of hydrogen-bond donors (Lipinski definition) is 1. The molecule has 3 aromatic rings. The smallest absolute Gasteiger partial charge is 0.304 e. The lowest BCUT2D eigenvalue weighted by molar-refractivity contribution is -0.141. The zero-order valence-electron chi connectivity index (χ0n) is 17.2. The number of benzene rings is 2. The molecule has 1 fully saturated rings. The molecule has 0 spiro atoms. The van der Waals surface area contributed by atoms with Crippen molar-refractivity contribution in [1.82, 2.24) is 4.98 Å². The number of rotatable bonds is 5. The van der Waals surface area contributed by atoms with Crippen molar-refractivity contribution in [1.29, 1.82) is 0 Å². The highest BCUT2D eigenvalue weighted by atomic mass is 35.5. The number of nitrogens with zero attached hydrogens (tertiary/aromatic N) is 2. The van der Waals surface area contributed by atoms with Crippen LogP contribution in [0.5, 0.6) is 0 Å². The maximum atomic E-state index is 13.7. The molecule has 1 aliphatic rings. The van der Waals surface area contributed by atoms with Gasteiger partial charge in [-0.05, 0) is 42.5 Å². The number of halogens is 2. The van der Waals surface area contributed by atoms with Crippen LogP contribution in [-0.4, -0.2) is 28.5 Å². The number of anilines is 1. The lowest BCUT2D eigenvalue weighted by Gasteiger charge is -2.33. The summed E-state index contributed by atoms with van der Waals surface area (Å²) in [5.74, 6) is -1.98. The maximum Gasteiger partial charge on any atom is 0.304 e. The lowest BCUT2D eigenvalue weighted by atomic mass is 9.79. The summed E-state index contributed by atoms with van der Waals surface area (Å²) in [6.45, 7) is 0.507. The molecule has 1 saturated heterocycles. The minimum absolute atomic E-state index is 0.149. The molecule has 2 atom stereocenters. The molecule has 0 saturated carbocycles. The fourth-order valence-corrected chi connectivity index (χ4v) is 5.47. The molecule has 0 radical (unpaired) electrons. The van der Waals surface area contributed by atoms with Gasteiger partial charge < -0.3 is 5.11 Å². The molecule has 0 bridgehead atoms. The Morgan fingerprint density at radius 2 is 1.94 bits per heavy atom. The van der Waals surface area contributed by atoms with Crippen LogP contribution >= 0.6 is 34.5 Å². The highest BCUT2D eigenvalue weighted by molar-refractivity contribution is 7.14. The highest BCUT2D eigenvalue weighted by Crippen LogP contribution is 2.39. The molecule has 1 aliphatic heterocycles. The maximum absolute atomic E-state index is 13.7. The van der Waals surface area contributed by atoms with Gasteiger partial charge in [-0.15, -0.1) is 11.3 Å². The molecule has 32 heavy (non-hydrogen) atoms. The summed E-state index contributed by atoms with van der Waals surface area (Å²) in [6.07, 6.45) is 2.29. The zero-order valence-corrected chi connectivity index (χ0v) is 19.5. The minimum atomic E-state index is -0.977. The van der Waals surface area contributed by atoms with Crippen molar-refractivity contribution in [3.8, 4) is 11.3 Å². The Kier molecular flexibility index (Phi) is 7.13. The van der Waals surface area contributed by atoms with Gasteiger partial charge in [0.05, 0.1) is 23.1 Å². The van der Waals surface area contributed by atoms with Crippen molar-refractivity contribution in [2.24, 2.45) is 5.92 Å². The molecular formula is C24H22Cl2N2O3S. The first-order valence-electron chi connectivity index (χ1n) is 10.4. The Morgan fingerprint density at radius 3 is 2.69 bits per heavy atom. The molecule has 0 aliphatic carbocycles. The van der Waals surface area contributed by atoms with Crippen LogP contribution in [0.2, 0.25) is 10.0 Å². The highest BCUT2D eigenvalue weighted by Gasteiger charge is 2.37. The predicted molar refractivity (Wildman–Crippen MR) is 129 cm³/mol. The van der Waals surface area contributed by atoms with Crippen LogP contribution in [0.3, 0.4) is 0 Å². The first-order chi connectivity index (χ1) is 15.4. The van der Waals surface area contributed by atoms with Crippen molar-refractivity contribution in [3.63, 3.8) is 0 Å². The number of carbonyl (C=O) groups is 2. The molecule has 1 amide bonds. The fraction of sp³-hybridized carbons (Fsp3) is 0.292. The second-order valence-electron chi connectivity index (χ2n) is 7.85. The Balaban J connectivity index is 1.68. The topological polar surface area (TPSA) is 70.5 Å². The van der Waals surface area contributed by atoms with E-state index in [2.05, 4.69) is 4.98 Å². The van der Waals surface area contributed by atoms with Gasteiger partial charge in [0.15, 0.2) is 5.13 Å². The van der Waals surface area contributed by atoms with Crippen molar-refractivity contribution in [2.45, 2.75) is 31.6 Å². The van der Waals surface area contributed by atoms with Crippen molar-refractivity contribution in [3.05, 3.63) is 69.5 Å². The van der Waals surface area contributed by atoms with Gasteiger partial charge in [-0.1, -0.05) is 60.0 Å². The van der Waals surface area contributed by atoms with E-state index in [1.807, 2.05) is 35.7 Å². The van der Waals surface area contributed by atoms with E-state index in [1.165, 1.54) is 11.3 Å². The number of hydrogen-bond acceptors (Lipinski definition) is 4. The average Bonchev–Trinajstić information content (AvgIpc) is 3.25. The number of amides is 1. The Bertz CT molecular complexity index is 1120. The monoisotopic (exact) mass is 488 g/mol. The molecule has 8 heteroatoms. The van der Waals surface area contributed by atoms with Crippen LogP contribution in [0.4, 0.5) is 5.13 Å². The molecule has 1 aromatic heterocycles. The largest absolute Gasteiger partial charge is 0.481 e. The van der Waals surface area contributed by atoms with E-state index in [9.17, 15) is 14.7 Å². The lowest BCUT2D eigenvalue weighted by Crippen LogP contribution is -2.41. The van der Waals surface area contributed by atoms with Gasteiger partial charge in [0.25, 0.3) is 0 Å². The quantitative estimate of drug-likeness (QED) is 0.444. The third kappa shape index (κ3) is 4.98. The van der Waals surface area contributed by atoms with Gasteiger partial charge in [0.2, 0.25) is 5.91 Å². The van der Waals surface area contributed by atoms with Crippen molar-refractivity contribution < 1.29 is 14.7 Å². The summed E-state index contributed by atoms with van der Waals surface area (Å²) < 4.78 is 0. The predicted octanol–water partition coefficient (Wildman–Crippen LogP) is 6.51.